The fourth-order valence-corrected chi connectivity index (χ4v) is 4.58. The van der Waals surface area contributed by atoms with Crippen LogP contribution in [0.2, 0.25) is 0 Å². The summed E-state index contributed by atoms with van der Waals surface area (Å²) in [7, 11) is 2.15. The highest BCUT2D eigenvalue weighted by atomic mass is 32.1. The number of nitrogens with zero attached hydrogens (tertiary/aromatic N) is 1. The van der Waals surface area contributed by atoms with Crippen LogP contribution in [-0.2, 0) is 7.05 Å². The van der Waals surface area contributed by atoms with Gasteiger partial charge >= 0.3 is 0 Å². The van der Waals surface area contributed by atoms with Gasteiger partial charge in [0.25, 0.3) is 0 Å². The highest BCUT2D eigenvalue weighted by molar-refractivity contribution is 7.17. The van der Waals surface area contributed by atoms with Gasteiger partial charge in [0, 0.05) is 21.5 Å². The lowest BCUT2D eigenvalue weighted by molar-refractivity contribution is -0.659. The Morgan fingerprint density at radius 2 is 1.56 bits per heavy atom. The predicted octanol–water partition coefficient (Wildman–Crippen LogP) is 6.01. The summed E-state index contributed by atoms with van der Waals surface area (Å²) < 4.78 is 3.61. The fourth-order valence-electron chi connectivity index (χ4n) is 3.78. The topological polar surface area (TPSA) is 3.88 Å². The molecule has 0 bridgehead atoms. The molecule has 0 amide bonds. The molecule has 0 spiro atoms. The minimum Gasteiger partial charge on any atom is -0.200 e. The maximum atomic E-state index is 2.33. The van der Waals surface area contributed by atoms with E-state index in [4.69, 9.17) is 0 Å². The van der Waals surface area contributed by atoms with E-state index in [0.29, 0.717) is 0 Å². The molecule has 5 rings (SSSR count). The lowest BCUT2D eigenvalue weighted by Crippen LogP contribution is -2.30. The molecule has 0 fully saturated rings. The van der Waals surface area contributed by atoms with Crippen LogP contribution in [0.15, 0.2) is 72.2 Å². The van der Waals surface area contributed by atoms with Crippen molar-refractivity contribution in [3.63, 3.8) is 0 Å². The van der Waals surface area contributed by atoms with Gasteiger partial charge in [-0.15, -0.1) is 11.3 Å². The summed E-state index contributed by atoms with van der Waals surface area (Å²) >= 11 is 1.81. The lowest BCUT2D eigenvalue weighted by Gasteiger charge is -2.08. The van der Waals surface area contributed by atoms with Crippen LogP contribution in [0, 0.1) is 6.92 Å². The molecule has 0 saturated heterocycles. The van der Waals surface area contributed by atoms with Gasteiger partial charge in [-0.1, -0.05) is 30.3 Å². The van der Waals surface area contributed by atoms with Crippen LogP contribution >= 0.6 is 11.3 Å². The van der Waals surface area contributed by atoms with Crippen LogP contribution in [-0.4, -0.2) is 0 Å². The first kappa shape index (κ1) is 14.6. The van der Waals surface area contributed by atoms with Crippen LogP contribution in [0.4, 0.5) is 0 Å². The lowest BCUT2D eigenvalue weighted by atomic mass is 9.98. The highest BCUT2D eigenvalue weighted by Gasteiger charge is 2.18. The molecule has 0 aliphatic carbocycles. The van der Waals surface area contributed by atoms with Gasteiger partial charge in [-0.05, 0) is 58.3 Å². The SMILES string of the molecule is Cc1ccc2sccc2c1-c1cc2cc3ccccc3cc2c[n+]1C. The van der Waals surface area contributed by atoms with E-state index < -0.39 is 0 Å². The Kier molecular flexibility index (Phi) is 3.16. The maximum absolute atomic E-state index is 2.33. The van der Waals surface area contributed by atoms with Crippen molar-refractivity contribution in [1.29, 1.82) is 0 Å². The molecule has 3 aromatic carbocycles. The molecule has 0 radical (unpaired) electrons. The average Bonchev–Trinajstić information content (AvgIpc) is 3.08. The van der Waals surface area contributed by atoms with Crippen LogP contribution in [0.5, 0.6) is 0 Å². The first-order chi connectivity index (χ1) is 12.2. The molecule has 1 nitrogen and oxygen atoms in total. The van der Waals surface area contributed by atoms with Crippen molar-refractivity contribution in [2.75, 3.05) is 0 Å². The molecule has 2 heteroatoms. The summed E-state index contributed by atoms with van der Waals surface area (Å²) in [5.74, 6) is 0. The van der Waals surface area contributed by atoms with Gasteiger partial charge in [-0.25, -0.2) is 4.57 Å². The fraction of sp³-hybridized carbons (Fsp3) is 0.0870. The summed E-state index contributed by atoms with van der Waals surface area (Å²) in [6, 6.07) is 22.2. The smallest absolute Gasteiger partial charge is 0.200 e. The number of hydrogen-bond donors (Lipinski definition) is 0. The summed E-state index contributed by atoms with van der Waals surface area (Å²) in [4.78, 5) is 0. The van der Waals surface area contributed by atoms with E-state index in [1.165, 1.54) is 48.5 Å². The molecule has 2 heterocycles. The highest BCUT2D eigenvalue weighted by Crippen LogP contribution is 2.34. The predicted molar refractivity (Wildman–Crippen MR) is 108 cm³/mol. The van der Waals surface area contributed by atoms with E-state index in [1.54, 1.807) is 11.3 Å². The zero-order valence-corrected chi connectivity index (χ0v) is 15.1. The van der Waals surface area contributed by atoms with Gasteiger partial charge in [-0.3, -0.25) is 0 Å². The van der Waals surface area contributed by atoms with Crippen LogP contribution in [0.3, 0.4) is 0 Å². The molecule has 5 aromatic rings. The molecule has 0 aliphatic rings. The van der Waals surface area contributed by atoms with E-state index in [1.807, 2.05) is 0 Å². The van der Waals surface area contributed by atoms with E-state index in [2.05, 4.69) is 90.8 Å². The third kappa shape index (κ3) is 2.25. The number of fused-ring (bicyclic) bond motifs is 3. The van der Waals surface area contributed by atoms with E-state index in [9.17, 15) is 0 Å². The molecular weight excluding hydrogens is 322 g/mol. The molecule has 25 heavy (non-hydrogen) atoms. The molecule has 0 N–H and O–H groups in total. The molecule has 0 saturated carbocycles. The molecule has 0 aliphatic heterocycles. The molecule has 0 unspecified atom stereocenters. The van der Waals surface area contributed by atoms with Gasteiger partial charge < -0.3 is 0 Å². The van der Waals surface area contributed by atoms with E-state index in [-0.39, 0.29) is 0 Å². The number of rotatable bonds is 1. The van der Waals surface area contributed by atoms with Gasteiger partial charge in [-0.2, -0.15) is 0 Å². The number of aromatic nitrogens is 1. The third-order valence-corrected chi connectivity index (χ3v) is 5.94. The monoisotopic (exact) mass is 340 g/mol. The van der Waals surface area contributed by atoms with Crippen molar-refractivity contribution in [3.05, 3.63) is 77.8 Å². The zero-order valence-electron chi connectivity index (χ0n) is 14.3. The van der Waals surface area contributed by atoms with Crippen molar-refractivity contribution >= 4 is 43.0 Å². The second-order valence-corrected chi connectivity index (χ2v) is 7.64. The second-order valence-electron chi connectivity index (χ2n) is 6.69. The first-order valence-corrected chi connectivity index (χ1v) is 9.38. The molecule has 120 valence electrons. The van der Waals surface area contributed by atoms with Crippen LogP contribution in [0.25, 0.3) is 42.9 Å². The van der Waals surface area contributed by atoms with Crippen molar-refractivity contribution in [1.82, 2.24) is 0 Å². The Balaban J connectivity index is 1.86. The molecule has 2 aromatic heterocycles. The normalized spacial score (nSPS) is 11.6. The molecule has 0 atom stereocenters. The number of benzene rings is 3. The Morgan fingerprint density at radius 1 is 0.800 bits per heavy atom. The zero-order chi connectivity index (χ0) is 17.0. The summed E-state index contributed by atoms with van der Waals surface area (Å²) in [6.45, 7) is 2.21. The average molecular weight is 340 g/mol. The Morgan fingerprint density at radius 3 is 2.36 bits per heavy atom. The quantitative estimate of drug-likeness (QED) is 0.260. The van der Waals surface area contributed by atoms with E-state index >= 15 is 0 Å². The largest absolute Gasteiger partial charge is 0.213 e. The van der Waals surface area contributed by atoms with Crippen molar-refractivity contribution in [2.24, 2.45) is 7.05 Å². The summed E-state index contributed by atoms with van der Waals surface area (Å²) in [6.07, 6.45) is 2.25. The van der Waals surface area contributed by atoms with Crippen molar-refractivity contribution < 1.29 is 4.57 Å². The van der Waals surface area contributed by atoms with E-state index in [0.717, 1.165) is 0 Å². The minimum absolute atomic E-state index is 1.27. The van der Waals surface area contributed by atoms with Crippen molar-refractivity contribution in [2.45, 2.75) is 6.92 Å². The van der Waals surface area contributed by atoms with Crippen molar-refractivity contribution in [3.8, 4) is 11.3 Å². The third-order valence-electron chi connectivity index (χ3n) is 5.06. The van der Waals surface area contributed by atoms with Crippen LogP contribution in [0.1, 0.15) is 5.56 Å². The summed E-state index contributed by atoms with van der Waals surface area (Å²) in [5.41, 5.74) is 3.93. The van der Waals surface area contributed by atoms with Gasteiger partial charge in [0.1, 0.15) is 7.05 Å². The van der Waals surface area contributed by atoms with Gasteiger partial charge in [0.15, 0.2) is 6.20 Å². The van der Waals surface area contributed by atoms with Gasteiger partial charge in [0.2, 0.25) is 5.69 Å². The Labute approximate surface area is 150 Å². The number of thiophene rings is 1. The summed E-state index contributed by atoms with van der Waals surface area (Å²) in [5, 5.41) is 8.68. The van der Waals surface area contributed by atoms with Crippen LogP contribution < -0.4 is 4.57 Å². The van der Waals surface area contributed by atoms with Gasteiger partial charge in [0.05, 0.1) is 5.56 Å². The standard InChI is InChI=1S/C23H18NS/c1-15-7-8-22-20(9-10-25-22)23(15)21-13-18-11-16-5-3-4-6-17(16)12-19(18)14-24(21)2/h3-14H,1-2H3/q+1. The number of aryl methyl sites for hydroxylation is 2. The first-order valence-electron chi connectivity index (χ1n) is 8.50. The second kappa shape index (κ2) is 5.40. The maximum Gasteiger partial charge on any atom is 0.213 e. The molecular formula is C23H18NS+. The Hall–Kier alpha value is -2.71. The minimum atomic E-state index is 1.27. The number of pyridine rings is 1. The number of hydrogen-bond acceptors (Lipinski definition) is 1. The Bertz CT molecular complexity index is 1260.